The first-order valence-electron chi connectivity index (χ1n) is 11.1. The standard InChI is InChI=1S/C27H30N2O2/c1-2-25(31-26-16-8-14-23-13-6-7-15-24(23)26)27(30)29-20-18-28(19-21-29)17-9-12-22-10-4-3-5-11-22/h3-16,25H,2,17-21H2,1H3/b12-9+. The van der Waals surface area contributed by atoms with Gasteiger partial charge in [0.1, 0.15) is 5.75 Å². The molecule has 1 heterocycles. The minimum Gasteiger partial charge on any atom is -0.480 e. The van der Waals surface area contributed by atoms with Crippen LogP contribution in [0.25, 0.3) is 16.8 Å². The second kappa shape index (κ2) is 10.3. The van der Waals surface area contributed by atoms with Crippen molar-refractivity contribution in [1.82, 2.24) is 9.80 Å². The van der Waals surface area contributed by atoms with Gasteiger partial charge in [-0.15, -0.1) is 0 Å². The van der Waals surface area contributed by atoms with Gasteiger partial charge in [-0.2, -0.15) is 0 Å². The van der Waals surface area contributed by atoms with Gasteiger partial charge in [0.2, 0.25) is 0 Å². The summed E-state index contributed by atoms with van der Waals surface area (Å²) >= 11 is 0. The fraction of sp³-hybridized carbons (Fsp3) is 0.296. The molecular weight excluding hydrogens is 384 g/mol. The molecule has 4 heteroatoms. The van der Waals surface area contributed by atoms with Crippen molar-refractivity contribution >= 4 is 22.8 Å². The molecule has 0 N–H and O–H groups in total. The molecule has 1 atom stereocenters. The summed E-state index contributed by atoms with van der Waals surface area (Å²) in [6.07, 6.45) is 4.56. The summed E-state index contributed by atoms with van der Waals surface area (Å²) in [5.41, 5.74) is 1.22. The van der Waals surface area contributed by atoms with Gasteiger partial charge in [-0.25, -0.2) is 0 Å². The van der Waals surface area contributed by atoms with Gasteiger partial charge in [0.25, 0.3) is 5.91 Å². The number of carbonyl (C=O) groups excluding carboxylic acids is 1. The molecule has 1 amide bonds. The number of nitrogens with zero attached hydrogens (tertiary/aromatic N) is 2. The van der Waals surface area contributed by atoms with Crippen molar-refractivity contribution in [1.29, 1.82) is 0 Å². The van der Waals surface area contributed by atoms with Crippen molar-refractivity contribution in [3.8, 4) is 5.75 Å². The number of hydrogen-bond acceptors (Lipinski definition) is 3. The van der Waals surface area contributed by atoms with E-state index in [2.05, 4.69) is 53.5 Å². The molecule has 4 rings (SSSR count). The molecule has 1 aliphatic heterocycles. The Kier molecular flexibility index (Phi) is 7.00. The molecule has 4 nitrogen and oxygen atoms in total. The highest BCUT2D eigenvalue weighted by atomic mass is 16.5. The van der Waals surface area contributed by atoms with Gasteiger partial charge in [0.05, 0.1) is 0 Å². The second-order valence-corrected chi connectivity index (χ2v) is 7.93. The zero-order valence-electron chi connectivity index (χ0n) is 18.1. The van der Waals surface area contributed by atoms with Crippen LogP contribution in [-0.2, 0) is 4.79 Å². The van der Waals surface area contributed by atoms with Gasteiger partial charge in [-0.3, -0.25) is 9.69 Å². The molecule has 0 saturated carbocycles. The summed E-state index contributed by atoms with van der Waals surface area (Å²) in [5, 5.41) is 2.17. The van der Waals surface area contributed by atoms with E-state index in [0.717, 1.165) is 49.2 Å². The van der Waals surface area contributed by atoms with Gasteiger partial charge < -0.3 is 9.64 Å². The predicted molar refractivity (Wildman–Crippen MR) is 127 cm³/mol. The minimum absolute atomic E-state index is 0.0925. The highest BCUT2D eigenvalue weighted by molar-refractivity contribution is 5.89. The van der Waals surface area contributed by atoms with Crippen LogP contribution >= 0.6 is 0 Å². The molecule has 0 radical (unpaired) electrons. The maximum Gasteiger partial charge on any atom is 0.263 e. The van der Waals surface area contributed by atoms with Crippen LogP contribution in [-0.4, -0.2) is 54.5 Å². The van der Waals surface area contributed by atoms with E-state index in [9.17, 15) is 4.79 Å². The maximum atomic E-state index is 13.1. The van der Waals surface area contributed by atoms with E-state index >= 15 is 0 Å². The zero-order valence-corrected chi connectivity index (χ0v) is 18.1. The molecule has 0 aromatic heterocycles. The van der Waals surface area contributed by atoms with Gasteiger partial charge in [-0.05, 0) is 23.4 Å². The SMILES string of the molecule is CCC(Oc1cccc2ccccc12)C(=O)N1CCN(C/C=C/c2ccccc2)CC1. The lowest BCUT2D eigenvalue weighted by molar-refractivity contribution is -0.140. The number of rotatable bonds is 7. The van der Waals surface area contributed by atoms with Crippen molar-refractivity contribution in [3.05, 3.63) is 84.4 Å². The molecule has 1 saturated heterocycles. The first-order valence-corrected chi connectivity index (χ1v) is 11.1. The average Bonchev–Trinajstić information content (AvgIpc) is 2.83. The number of hydrogen-bond donors (Lipinski definition) is 0. The monoisotopic (exact) mass is 414 g/mol. The minimum atomic E-state index is -0.449. The normalized spacial score (nSPS) is 16.0. The van der Waals surface area contributed by atoms with E-state index in [-0.39, 0.29) is 5.91 Å². The van der Waals surface area contributed by atoms with Gasteiger partial charge in [-0.1, -0.05) is 85.8 Å². The highest BCUT2D eigenvalue weighted by Crippen LogP contribution is 2.27. The van der Waals surface area contributed by atoms with Crippen LogP contribution in [0.1, 0.15) is 18.9 Å². The van der Waals surface area contributed by atoms with E-state index in [0.29, 0.717) is 6.42 Å². The third kappa shape index (κ3) is 5.33. The van der Waals surface area contributed by atoms with Crippen molar-refractivity contribution < 1.29 is 9.53 Å². The second-order valence-electron chi connectivity index (χ2n) is 7.93. The molecule has 1 fully saturated rings. The van der Waals surface area contributed by atoms with Gasteiger partial charge in [0, 0.05) is 38.1 Å². The lowest BCUT2D eigenvalue weighted by atomic mass is 10.1. The Balaban J connectivity index is 1.32. The van der Waals surface area contributed by atoms with Crippen molar-refractivity contribution in [2.45, 2.75) is 19.4 Å². The lowest BCUT2D eigenvalue weighted by Gasteiger charge is -2.35. The van der Waals surface area contributed by atoms with Crippen molar-refractivity contribution in [2.75, 3.05) is 32.7 Å². The van der Waals surface area contributed by atoms with Crippen LogP contribution < -0.4 is 4.74 Å². The Morgan fingerprint density at radius 3 is 2.42 bits per heavy atom. The Morgan fingerprint density at radius 1 is 0.935 bits per heavy atom. The smallest absolute Gasteiger partial charge is 0.263 e. The van der Waals surface area contributed by atoms with Crippen LogP contribution in [0.3, 0.4) is 0 Å². The summed E-state index contributed by atoms with van der Waals surface area (Å²) in [4.78, 5) is 17.5. The van der Waals surface area contributed by atoms with E-state index in [1.165, 1.54) is 5.56 Å². The Labute approximate surface area is 184 Å². The quantitative estimate of drug-likeness (QED) is 0.554. The molecule has 0 spiro atoms. The van der Waals surface area contributed by atoms with E-state index in [1.54, 1.807) is 0 Å². The summed E-state index contributed by atoms with van der Waals surface area (Å²) < 4.78 is 6.22. The summed E-state index contributed by atoms with van der Waals surface area (Å²) in [7, 11) is 0. The van der Waals surface area contributed by atoms with Crippen LogP contribution in [0.5, 0.6) is 5.75 Å². The lowest BCUT2D eigenvalue weighted by Crippen LogP contribution is -2.52. The largest absolute Gasteiger partial charge is 0.480 e. The third-order valence-electron chi connectivity index (χ3n) is 5.82. The molecule has 31 heavy (non-hydrogen) atoms. The van der Waals surface area contributed by atoms with Crippen LogP contribution in [0, 0.1) is 0 Å². The third-order valence-corrected chi connectivity index (χ3v) is 5.82. The highest BCUT2D eigenvalue weighted by Gasteiger charge is 2.27. The molecule has 1 aliphatic rings. The molecular formula is C27H30N2O2. The number of benzene rings is 3. The predicted octanol–water partition coefficient (Wildman–Crippen LogP) is 4.85. The van der Waals surface area contributed by atoms with Gasteiger partial charge in [0.15, 0.2) is 6.10 Å². The zero-order chi connectivity index (χ0) is 21.5. The number of piperazine rings is 1. The number of amides is 1. The maximum absolute atomic E-state index is 13.1. The molecule has 3 aromatic carbocycles. The van der Waals surface area contributed by atoms with Gasteiger partial charge >= 0.3 is 0 Å². The Hall–Kier alpha value is -3.11. The fourth-order valence-corrected chi connectivity index (χ4v) is 4.02. The van der Waals surface area contributed by atoms with Crippen LogP contribution in [0.15, 0.2) is 78.9 Å². The van der Waals surface area contributed by atoms with E-state index < -0.39 is 6.10 Å². The molecule has 1 unspecified atom stereocenters. The van der Waals surface area contributed by atoms with Crippen molar-refractivity contribution in [2.24, 2.45) is 0 Å². The van der Waals surface area contributed by atoms with Crippen LogP contribution in [0.2, 0.25) is 0 Å². The number of carbonyl (C=O) groups is 1. The average molecular weight is 415 g/mol. The number of fused-ring (bicyclic) bond motifs is 1. The molecule has 160 valence electrons. The first kappa shape index (κ1) is 21.1. The number of ether oxygens (including phenoxy) is 1. The van der Waals surface area contributed by atoms with Crippen molar-refractivity contribution in [3.63, 3.8) is 0 Å². The Morgan fingerprint density at radius 2 is 1.65 bits per heavy atom. The Bertz CT molecular complexity index is 1020. The first-order chi connectivity index (χ1) is 15.2. The van der Waals surface area contributed by atoms with E-state index in [4.69, 9.17) is 4.74 Å². The fourth-order valence-electron chi connectivity index (χ4n) is 4.02. The summed E-state index contributed by atoms with van der Waals surface area (Å²) in [6.45, 7) is 6.17. The summed E-state index contributed by atoms with van der Waals surface area (Å²) in [5.74, 6) is 0.873. The molecule has 3 aromatic rings. The topological polar surface area (TPSA) is 32.8 Å². The van der Waals surface area contributed by atoms with Crippen LogP contribution in [0.4, 0.5) is 0 Å². The summed E-state index contributed by atoms with van der Waals surface area (Å²) in [6, 6.07) is 24.5. The molecule has 0 bridgehead atoms. The molecule has 0 aliphatic carbocycles. The van der Waals surface area contributed by atoms with E-state index in [1.807, 2.05) is 48.2 Å².